The zero-order valence-electron chi connectivity index (χ0n) is 17.5. The summed E-state index contributed by atoms with van der Waals surface area (Å²) in [5.41, 5.74) is 7.86. The van der Waals surface area contributed by atoms with E-state index in [1.165, 1.54) is 22.3 Å². The van der Waals surface area contributed by atoms with Gasteiger partial charge < -0.3 is 10.0 Å². The first-order chi connectivity index (χ1) is 14.5. The van der Waals surface area contributed by atoms with Gasteiger partial charge in [-0.25, -0.2) is 4.68 Å². The van der Waals surface area contributed by atoms with Gasteiger partial charge in [-0.15, -0.1) is 0 Å². The molecule has 1 saturated carbocycles. The molecule has 2 heterocycles. The molecule has 5 nitrogen and oxygen atoms in total. The summed E-state index contributed by atoms with van der Waals surface area (Å²) in [5.74, 6) is 0.0781. The number of benzene rings is 2. The zero-order chi connectivity index (χ0) is 20.8. The second-order valence-corrected chi connectivity index (χ2v) is 8.60. The van der Waals surface area contributed by atoms with Crippen molar-refractivity contribution in [2.75, 3.05) is 0 Å². The lowest BCUT2D eigenvalue weighted by molar-refractivity contribution is 0.0479. The molecule has 2 unspecified atom stereocenters. The average Bonchev–Trinajstić information content (AvgIpc) is 3.48. The monoisotopic (exact) mass is 401 g/mol. The quantitative estimate of drug-likeness (QED) is 0.720. The number of hydrogen-bond acceptors (Lipinski definition) is 3. The first-order valence-corrected chi connectivity index (χ1v) is 10.7. The Morgan fingerprint density at radius 3 is 2.60 bits per heavy atom. The van der Waals surface area contributed by atoms with Crippen LogP contribution in [0.5, 0.6) is 0 Å². The van der Waals surface area contributed by atoms with Crippen molar-refractivity contribution in [2.45, 2.75) is 58.2 Å². The lowest BCUT2D eigenvalue weighted by atomic mass is 9.91. The largest absolute Gasteiger partial charge is 0.391 e. The Balaban J connectivity index is 1.42. The van der Waals surface area contributed by atoms with Crippen molar-refractivity contribution in [3.63, 3.8) is 0 Å². The van der Waals surface area contributed by atoms with Gasteiger partial charge in [-0.05, 0) is 91.6 Å². The average molecular weight is 402 g/mol. The van der Waals surface area contributed by atoms with E-state index in [1.807, 2.05) is 21.8 Å². The van der Waals surface area contributed by atoms with Crippen molar-refractivity contribution >= 4 is 5.91 Å². The highest BCUT2D eigenvalue weighted by Gasteiger charge is 2.39. The molecule has 1 aromatic heterocycles. The maximum absolute atomic E-state index is 13.2. The zero-order valence-corrected chi connectivity index (χ0v) is 17.5. The molecule has 5 heteroatoms. The van der Waals surface area contributed by atoms with E-state index in [9.17, 15) is 9.90 Å². The van der Waals surface area contributed by atoms with Crippen LogP contribution in [0.2, 0.25) is 0 Å². The maximum Gasteiger partial charge on any atom is 0.254 e. The Bertz CT molecular complexity index is 1090. The third-order valence-corrected chi connectivity index (χ3v) is 6.90. The Kier molecular flexibility index (Phi) is 4.70. The molecule has 2 aliphatic rings. The summed E-state index contributed by atoms with van der Waals surface area (Å²) in [5, 5.41) is 14.6. The van der Waals surface area contributed by atoms with Crippen LogP contribution in [0.3, 0.4) is 0 Å². The molecule has 0 radical (unpaired) electrons. The lowest BCUT2D eigenvalue weighted by Gasteiger charge is -2.26. The van der Waals surface area contributed by atoms with Crippen LogP contribution in [0.15, 0.2) is 48.8 Å². The molecule has 0 bridgehead atoms. The summed E-state index contributed by atoms with van der Waals surface area (Å²) in [6.07, 6.45) is 6.79. The number of amides is 1. The molecule has 1 aliphatic heterocycles. The van der Waals surface area contributed by atoms with Gasteiger partial charge in [-0.2, -0.15) is 5.10 Å². The molecule has 2 aromatic carbocycles. The van der Waals surface area contributed by atoms with E-state index in [0.29, 0.717) is 6.54 Å². The van der Waals surface area contributed by atoms with Crippen LogP contribution in [0.4, 0.5) is 0 Å². The van der Waals surface area contributed by atoms with E-state index in [0.717, 1.165) is 42.5 Å². The number of fused-ring (bicyclic) bond motifs is 1. The SMILES string of the molecule is Cc1c(Cc2ccc(-n3cccn3)cc2)cc2c(c1C)CN(C1CCCC1O)C2=O. The molecule has 1 N–H and O–H groups in total. The van der Waals surface area contributed by atoms with Crippen LogP contribution in [0.1, 0.15) is 57.4 Å². The van der Waals surface area contributed by atoms with Gasteiger partial charge in [-0.3, -0.25) is 4.79 Å². The van der Waals surface area contributed by atoms with Crippen LogP contribution in [-0.2, 0) is 13.0 Å². The van der Waals surface area contributed by atoms with Crippen molar-refractivity contribution in [2.24, 2.45) is 0 Å². The predicted octanol–water partition coefficient (Wildman–Crippen LogP) is 3.95. The Morgan fingerprint density at radius 1 is 1.13 bits per heavy atom. The molecule has 1 fully saturated rings. The van der Waals surface area contributed by atoms with Gasteiger partial charge in [0, 0.05) is 24.5 Å². The molecule has 0 saturated heterocycles. The third kappa shape index (κ3) is 3.14. The van der Waals surface area contributed by atoms with Gasteiger partial charge in [0.15, 0.2) is 0 Å². The predicted molar refractivity (Wildman–Crippen MR) is 116 cm³/mol. The number of carbonyl (C=O) groups is 1. The number of carbonyl (C=O) groups excluding carboxylic acids is 1. The number of rotatable bonds is 4. The number of aromatic nitrogens is 2. The normalized spacial score (nSPS) is 20.8. The van der Waals surface area contributed by atoms with Crippen molar-refractivity contribution < 1.29 is 9.90 Å². The molecule has 5 rings (SSSR count). The van der Waals surface area contributed by atoms with Crippen molar-refractivity contribution in [3.8, 4) is 5.69 Å². The lowest BCUT2D eigenvalue weighted by Crippen LogP contribution is -2.40. The van der Waals surface area contributed by atoms with Crippen molar-refractivity contribution in [3.05, 3.63) is 82.2 Å². The van der Waals surface area contributed by atoms with Gasteiger partial charge in [0.1, 0.15) is 0 Å². The molecule has 3 aromatic rings. The second-order valence-electron chi connectivity index (χ2n) is 8.60. The highest BCUT2D eigenvalue weighted by molar-refractivity contribution is 5.99. The van der Waals surface area contributed by atoms with Crippen molar-refractivity contribution in [1.29, 1.82) is 0 Å². The van der Waals surface area contributed by atoms with Gasteiger partial charge >= 0.3 is 0 Å². The van der Waals surface area contributed by atoms with Gasteiger partial charge in [-0.1, -0.05) is 12.1 Å². The highest BCUT2D eigenvalue weighted by atomic mass is 16.3. The fraction of sp³-hybridized carbons (Fsp3) is 0.360. The molecule has 30 heavy (non-hydrogen) atoms. The van der Waals surface area contributed by atoms with E-state index in [-0.39, 0.29) is 11.9 Å². The molecule has 1 aliphatic carbocycles. The van der Waals surface area contributed by atoms with Crippen LogP contribution >= 0.6 is 0 Å². The summed E-state index contributed by atoms with van der Waals surface area (Å²) >= 11 is 0. The number of aliphatic hydroxyl groups is 1. The summed E-state index contributed by atoms with van der Waals surface area (Å²) in [4.78, 5) is 15.1. The molecule has 1 amide bonds. The van der Waals surface area contributed by atoms with Crippen LogP contribution in [-0.4, -0.2) is 37.8 Å². The van der Waals surface area contributed by atoms with Crippen LogP contribution in [0.25, 0.3) is 5.69 Å². The molecule has 2 atom stereocenters. The number of nitrogens with zero attached hydrogens (tertiary/aromatic N) is 3. The minimum Gasteiger partial charge on any atom is -0.391 e. The Morgan fingerprint density at radius 2 is 1.93 bits per heavy atom. The standard InChI is InChI=1S/C25H27N3O2/c1-16-17(2)22-15-27(23-5-3-6-24(23)29)25(30)21(22)14-19(16)13-18-7-9-20(10-8-18)28-12-4-11-26-28/h4,7-12,14,23-24,29H,3,5-6,13,15H2,1-2H3. The van der Waals surface area contributed by atoms with Gasteiger partial charge in [0.2, 0.25) is 0 Å². The van der Waals surface area contributed by atoms with Crippen LogP contribution in [0, 0.1) is 13.8 Å². The summed E-state index contributed by atoms with van der Waals surface area (Å²) in [6, 6.07) is 12.4. The van der Waals surface area contributed by atoms with E-state index < -0.39 is 6.10 Å². The van der Waals surface area contributed by atoms with Gasteiger partial charge in [0.25, 0.3) is 5.91 Å². The first-order valence-electron chi connectivity index (χ1n) is 10.7. The summed E-state index contributed by atoms with van der Waals surface area (Å²) < 4.78 is 1.85. The maximum atomic E-state index is 13.2. The third-order valence-electron chi connectivity index (χ3n) is 6.90. The molecular formula is C25H27N3O2. The molecule has 154 valence electrons. The first kappa shape index (κ1) is 19.1. The highest BCUT2D eigenvalue weighted by Crippen LogP contribution is 2.35. The minimum atomic E-state index is -0.391. The second kappa shape index (κ2) is 7.40. The Labute approximate surface area is 177 Å². The van der Waals surface area contributed by atoms with E-state index in [2.05, 4.69) is 49.3 Å². The fourth-order valence-corrected chi connectivity index (χ4v) is 4.97. The summed E-state index contributed by atoms with van der Waals surface area (Å²) in [6.45, 7) is 4.91. The number of hydrogen-bond donors (Lipinski definition) is 1. The fourth-order valence-electron chi connectivity index (χ4n) is 4.97. The van der Waals surface area contributed by atoms with Gasteiger partial charge in [0.05, 0.1) is 17.8 Å². The topological polar surface area (TPSA) is 58.4 Å². The molecular weight excluding hydrogens is 374 g/mol. The minimum absolute atomic E-state index is 0.0390. The smallest absolute Gasteiger partial charge is 0.254 e. The Hall–Kier alpha value is -2.92. The van der Waals surface area contributed by atoms with Crippen molar-refractivity contribution in [1.82, 2.24) is 14.7 Å². The number of aliphatic hydroxyl groups excluding tert-OH is 1. The van der Waals surface area contributed by atoms with E-state index in [1.54, 1.807) is 6.20 Å². The molecule has 0 spiro atoms. The summed E-state index contributed by atoms with van der Waals surface area (Å²) in [7, 11) is 0. The van der Waals surface area contributed by atoms with E-state index in [4.69, 9.17) is 0 Å². The van der Waals surface area contributed by atoms with Crippen LogP contribution < -0.4 is 0 Å². The van der Waals surface area contributed by atoms with E-state index >= 15 is 0 Å².